The molecule has 1 heterocycles. The maximum atomic E-state index is 11.9. The first-order chi connectivity index (χ1) is 12.5. The molecule has 0 radical (unpaired) electrons. The summed E-state index contributed by atoms with van der Waals surface area (Å²) >= 11 is 11.9. The lowest BCUT2D eigenvalue weighted by molar-refractivity contribution is -0.146. The molecule has 8 heteroatoms. The van der Waals surface area contributed by atoms with Gasteiger partial charge in [0, 0.05) is 0 Å². The number of amides is 1. The normalized spacial score (nSPS) is 12.4. The number of benzene rings is 2. The summed E-state index contributed by atoms with van der Waals surface area (Å²) in [5, 5.41) is 3.12. The molecule has 3 rings (SSSR count). The van der Waals surface area contributed by atoms with Gasteiger partial charge < -0.3 is 19.5 Å². The Morgan fingerprint density at radius 3 is 2.46 bits per heavy atom. The highest BCUT2D eigenvalue weighted by Gasteiger charge is 2.15. The van der Waals surface area contributed by atoms with Crippen molar-refractivity contribution >= 4 is 40.8 Å². The zero-order chi connectivity index (χ0) is 18.5. The van der Waals surface area contributed by atoms with Crippen molar-refractivity contribution in [2.45, 2.75) is 6.42 Å². The second kappa shape index (κ2) is 8.29. The predicted octanol–water partition coefficient (Wildman–Crippen LogP) is 3.49. The Kier molecular flexibility index (Phi) is 5.85. The second-order valence-corrected chi connectivity index (χ2v) is 6.27. The quantitative estimate of drug-likeness (QED) is 0.784. The Balaban J connectivity index is 1.51. The summed E-state index contributed by atoms with van der Waals surface area (Å²) in [6, 6.07) is 10.1. The third-order valence-electron chi connectivity index (χ3n) is 3.55. The number of hydrogen-bond acceptors (Lipinski definition) is 5. The number of carbonyl (C=O) groups excluding carboxylic acids is 2. The van der Waals surface area contributed by atoms with E-state index >= 15 is 0 Å². The van der Waals surface area contributed by atoms with Crippen LogP contribution < -0.4 is 14.8 Å². The molecule has 0 unspecified atom stereocenters. The molecule has 1 amide bonds. The third-order valence-corrected chi connectivity index (χ3v) is 4.18. The molecule has 2 aromatic rings. The molecule has 0 spiro atoms. The van der Waals surface area contributed by atoms with E-state index in [0.29, 0.717) is 40.3 Å². The molecule has 1 aliphatic heterocycles. The fourth-order valence-electron chi connectivity index (χ4n) is 2.35. The van der Waals surface area contributed by atoms with Crippen LogP contribution in [0.2, 0.25) is 10.0 Å². The summed E-state index contributed by atoms with van der Waals surface area (Å²) in [6.07, 6.45) is 0.0107. The van der Waals surface area contributed by atoms with Gasteiger partial charge in [0.15, 0.2) is 18.1 Å². The number of carbonyl (C=O) groups is 2. The molecule has 0 saturated heterocycles. The first kappa shape index (κ1) is 18.4. The predicted molar refractivity (Wildman–Crippen MR) is 97.2 cm³/mol. The van der Waals surface area contributed by atoms with E-state index in [0.717, 1.165) is 0 Å². The minimum atomic E-state index is -0.540. The minimum absolute atomic E-state index is 0.0107. The molecule has 136 valence electrons. The first-order valence-electron chi connectivity index (χ1n) is 7.81. The molecular weight excluding hydrogens is 381 g/mol. The molecule has 1 aliphatic rings. The summed E-state index contributed by atoms with van der Waals surface area (Å²) in [5.41, 5.74) is 0.984. The van der Waals surface area contributed by atoms with Gasteiger partial charge in [0.05, 0.1) is 22.2 Å². The monoisotopic (exact) mass is 395 g/mol. The molecule has 2 aromatic carbocycles. The molecule has 6 nitrogen and oxygen atoms in total. The van der Waals surface area contributed by atoms with Crippen molar-refractivity contribution in [3.05, 3.63) is 52.0 Å². The van der Waals surface area contributed by atoms with Crippen molar-refractivity contribution in [1.82, 2.24) is 0 Å². The van der Waals surface area contributed by atoms with E-state index in [4.69, 9.17) is 37.4 Å². The summed E-state index contributed by atoms with van der Waals surface area (Å²) < 4.78 is 15.9. The lowest BCUT2D eigenvalue weighted by Gasteiger charge is -2.18. The first-order valence-corrected chi connectivity index (χ1v) is 8.56. The lowest BCUT2D eigenvalue weighted by atomic mass is 10.1. The Bertz CT molecular complexity index is 820. The SMILES string of the molecule is O=C(COC(=O)Cc1ccc2c(c1)OCCO2)Nc1c(Cl)cccc1Cl. The Labute approximate surface area is 159 Å². The maximum Gasteiger partial charge on any atom is 0.310 e. The average molecular weight is 396 g/mol. The summed E-state index contributed by atoms with van der Waals surface area (Å²) in [7, 11) is 0. The zero-order valence-electron chi connectivity index (χ0n) is 13.6. The van der Waals surface area contributed by atoms with Crippen LogP contribution in [0.25, 0.3) is 0 Å². The Morgan fingerprint density at radius 1 is 1.04 bits per heavy atom. The van der Waals surface area contributed by atoms with Gasteiger partial charge in [-0.2, -0.15) is 0 Å². The van der Waals surface area contributed by atoms with E-state index < -0.39 is 18.5 Å². The van der Waals surface area contributed by atoms with Crippen molar-refractivity contribution in [1.29, 1.82) is 0 Å². The van der Waals surface area contributed by atoms with Gasteiger partial charge in [-0.05, 0) is 29.8 Å². The van der Waals surface area contributed by atoms with Crippen LogP contribution in [-0.2, 0) is 20.7 Å². The van der Waals surface area contributed by atoms with Crippen LogP contribution in [0.15, 0.2) is 36.4 Å². The van der Waals surface area contributed by atoms with Crippen LogP contribution in [0.3, 0.4) is 0 Å². The number of rotatable bonds is 5. The van der Waals surface area contributed by atoms with E-state index in [9.17, 15) is 9.59 Å². The molecular formula is C18H15Cl2NO5. The van der Waals surface area contributed by atoms with Crippen molar-refractivity contribution in [2.75, 3.05) is 25.1 Å². The van der Waals surface area contributed by atoms with Gasteiger partial charge in [0.1, 0.15) is 13.2 Å². The van der Waals surface area contributed by atoms with Gasteiger partial charge in [-0.3, -0.25) is 9.59 Å². The van der Waals surface area contributed by atoms with Gasteiger partial charge in [-0.15, -0.1) is 0 Å². The molecule has 0 saturated carbocycles. The van der Waals surface area contributed by atoms with Crippen LogP contribution in [-0.4, -0.2) is 31.7 Å². The van der Waals surface area contributed by atoms with Crippen molar-refractivity contribution in [3.8, 4) is 11.5 Å². The molecule has 1 N–H and O–H groups in total. The standard InChI is InChI=1S/C18H15Cl2NO5/c19-12-2-1-3-13(20)18(12)21-16(22)10-26-17(23)9-11-4-5-14-15(8-11)25-7-6-24-14/h1-5,8H,6-7,9-10H2,(H,21,22). The third kappa shape index (κ3) is 4.59. The van der Waals surface area contributed by atoms with E-state index in [2.05, 4.69) is 5.32 Å². The fraction of sp³-hybridized carbons (Fsp3) is 0.222. The summed E-state index contributed by atoms with van der Waals surface area (Å²) in [5.74, 6) is 0.162. The number of anilines is 1. The Morgan fingerprint density at radius 2 is 1.73 bits per heavy atom. The largest absolute Gasteiger partial charge is 0.486 e. The van der Waals surface area contributed by atoms with Gasteiger partial charge in [-0.1, -0.05) is 35.3 Å². The smallest absolute Gasteiger partial charge is 0.310 e. The highest BCUT2D eigenvalue weighted by Crippen LogP contribution is 2.31. The lowest BCUT2D eigenvalue weighted by Crippen LogP contribution is -2.22. The molecule has 0 aromatic heterocycles. The average Bonchev–Trinajstić information content (AvgIpc) is 2.63. The van der Waals surface area contributed by atoms with Gasteiger partial charge in [0.2, 0.25) is 0 Å². The van der Waals surface area contributed by atoms with Gasteiger partial charge in [0.25, 0.3) is 5.91 Å². The van der Waals surface area contributed by atoms with Gasteiger partial charge >= 0.3 is 5.97 Å². The maximum absolute atomic E-state index is 11.9. The number of esters is 1. The van der Waals surface area contributed by atoms with Crippen molar-refractivity contribution < 1.29 is 23.8 Å². The topological polar surface area (TPSA) is 73.9 Å². The van der Waals surface area contributed by atoms with E-state index in [1.807, 2.05) is 0 Å². The number of fused-ring (bicyclic) bond motifs is 1. The minimum Gasteiger partial charge on any atom is -0.486 e. The zero-order valence-corrected chi connectivity index (χ0v) is 15.1. The van der Waals surface area contributed by atoms with Crippen LogP contribution in [0.1, 0.15) is 5.56 Å². The number of ether oxygens (including phenoxy) is 3. The number of hydrogen-bond donors (Lipinski definition) is 1. The molecule has 0 atom stereocenters. The molecule has 0 fully saturated rings. The number of halogens is 2. The highest BCUT2D eigenvalue weighted by molar-refractivity contribution is 6.39. The van der Waals surface area contributed by atoms with Gasteiger partial charge in [-0.25, -0.2) is 0 Å². The summed E-state index contributed by atoms with van der Waals surface area (Å²) in [6.45, 7) is 0.523. The fourth-order valence-corrected chi connectivity index (χ4v) is 2.85. The van der Waals surface area contributed by atoms with Crippen molar-refractivity contribution in [2.24, 2.45) is 0 Å². The highest BCUT2D eigenvalue weighted by atomic mass is 35.5. The number of nitrogens with one attached hydrogen (secondary N) is 1. The van der Waals surface area contributed by atoms with Crippen LogP contribution >= 0.6 is 23.2 Å². The van der Waals surface area contributed by atoms with Crippen LogP contribution in [0.5, 0.6) is 11.5 Å². The molecule has 26 heavy (non-hydrogen) atoms. The Hall–Kier alpha value is -2.44. The van der Waals surface area contributed by atoms with Crippen LogP contribution in [0, 0.1) is 0 Å². The van der Waals surface area contributed by atoms with Crippen molar-refractivity contribution in [3.63, 3.8) is 0 Å². The van der Waals surface area contributed by atoms with E-state index in [1.165, 1.54) is 0 Å². The van der Waals surface area contributed by atoms with E-state index in [1.54, 1.807) is 36.4 Å². The molecule has 0 bridgehead atoms. The van der Waals surface area contributed by atoms with Crippen LogP contribution in [0.4, 0.5) is 5.69 Å². The van der Waals surface area contributed by atoms with E-state index in [-0.39, 0.29) is 12.1 Å². The number of para-hydroxylation sites is 1. The summed E-state index contributed by atoms with van der Waals surface area (Å²) in [4.78, 5) is 23.9. The molecule has 0 aliphatic carbocycles. The second-order valence-electron chi connectivity index (χ2n) is 5.46.